The predicted octanol–water partition coefficient (Wildman–Crippen LogP) is -12.9. The van der Waals surface area contributed by atoms with Crippen LogP contribution in [0.1, 0.15) is 0 Å². The third-order valence-electron chi connectivity index (χ3n) is 2.10. The molecule has 0 N–H and O–H groups in total. The molecule has 0 atom stereocenters. The van der Waals surface area contributed by atoms with Crippen LogP contribution in [0.25, 0.3) is 0 Å². The van der Waals surface area contributed by atoms with E-state index < -0.39 is 57.3 Å². The summed E-state index contributed by atoms with van der Waals surface area (Å²) in [6.07, 6.45) is 0. The van der Waals surface area contributed by atoms with Gasteiger partial charge in [-0.05, 0) is 24.3 Å². The molecule has 0 amide bonds. The van der Waals surface area contributed by atoms with Crippen LogP contribution in [0, 0.1) is 0 Å². The first-order valence-corrected chi connectivity index (χ1v) is 12.7. The van der Waals surface area contributed by atoms with Crippen molar-refractivity contribution >= 4 is 63.1 Å². The van der Waals surface area contributed by atoms with Crippen molar-refractivity contribution in [2.75, 3.05) is 0 Å². The molecular formula is C8H4K2Na2O12S6. The SMILES string of the molecule is O=S(=O)([O-])c1ccc(S(=O)(=O)[O-])s1.O=S(=O)([O-])c1ccc(S(=O)(=O)[O-])s1.[K+].[K+].[Na+].[Na+]. The van der Waals surface area contributed by atoms with Crippen LogP contribution in [0.2, 0.25) is 0 Å². The van der Waals surface area contributed by atoms with Gasteiger partial charge in [-0.2, -0.15) is 0 Å². The summed E-state index contributed by atoms with van der Waals surface area (Å²) in [5, 5.41) is 0. The molecule has 22 heteroatoms. The van der Waals surface area contributed by atoms with Gasteiger partial charge < -0.3 is 18.2 Å². The Morgan fingerprint density at radius 3 is 0.667 bits per heavy atom. The Morgan fingerprint density at radius 1 is 0.467 bits per heavy atom. The molecule has 2 heterocycles. The van der Waals surface area contributed by atoms with E-state index in [1.807, 2.05) is 0 Å². The van der Waals surface area contributed by atoms with E-state index in [-0.39, 0.29) is 185 Å². The number of hydrogen-bond acceptors (Lipinski definition) is 14. The van der Waals surface area contributed by atoms with E-state index in [4.69, 9.17) is 0 Å². The average Bonchev–Trinajstić information content (AvgIpc) is 3.06. The van der Waals surface area contributed by atoms with Crippen molar-refractivity contribution in [3.63, 3.8) is 0 Å². The Balaban J connectivity index is -0.000000199. The molecule has 0 aliphatic carbocycles. The maximum atomic E-state index is 10.3. The molecule has 0 radical (unpaired) electrons. The van der Waals surface area contributed by atoms with Gasteiger partial charge in [0.1, 0.15) is 57.3 Å². The van der Waals surface area contributed by atoms with Crippen molar-refractivity contribution in [3.8, 4) is 0 Å². The van der Waals surface area contributed by atoms with Crippen LogP contribution < -0.4 is 162 Å². The van der Waals surface area contributed by atoms with Crippen LogP contribution in [-0.4, -0.2) is 51.9 Å². The van der Waals surface area contributed by atoms with Gasteiger partial charge in [0.15, 0.2) is 0 Å². The van der Waals surface area contributed by atoms with E-state index in [0.717, 1.165) is 24.3 Å². The predicted molar refractivity (Wildman–Crippen MR) is 80.5 cm³/mol. The Labute approximate surface area is 310 Å². The van der Waals surface area contributed by atoms with Gasteiger partial charge in [-0.3, -0.25) is 0 Å². The Bertz CT molecular complexity index is 1040. The van der Waals surface area contributed by atoms with Crippen molar-refractivity contribution < 1.29 is 214 Å². The Kier molecular flexibility index (Phi) is 22.4. The third kappa shape index (κ3) is 14.8. The van der Waals surface area contributed by atoms with Gasteiger partial charge in [0.25, 0.3) is 0 Å². The summed E-state index contributed by atoms with van der Waals surface area (Å²) in [7, 11) is -18.7. The van der Waals surface area contributed by atoms with E-state index in [2.05, 4.69) is 0 Å². The van der Waals surface area contributed by atoms with Crippen molar-refractivity contribution in [2.24, 2.45) is 0 Å². The van der Waals surface area contributed by atoms with Crippen LogP contribution in [0.15, 0.2) is 41.1 Å². The average molecular weight is 609 g/mol. The molecule has 148 valence electrons. The summed E-state index contributed by atoms with van der Waals surface area (Å²) < 4.78 is 121. The summed E-state index contributed by atoms with van der Waals surface area (Å²) in [5.74, 6) is 0. The molecule has 0 spiro atoms. The fraction of sp³-hybridized carbons (Fsp3) is 0. The molecule has 2 aromatic rings. The van der Waals surface area contributed by atoms with Gasteiger partial charge in [0, 0.05) is 0 Å². The normalized spacial score (nSPS) is 11.3. The zero-order valence-corrected chi connectivity index (χ0v) is 30.8. The maximum absolute atomic E-state index is 10.3. The van der Waals surface area contributed by atoms with Gasteiger partial charge in [0.2, 0.25) is 0 Å². The molecule has 0 aliphatic heterocycles. The molecule has 0 saturated heterocycles. The largest absolute Gasteiger partial charge is 1.00 e. The maximum Gasteiger partial charge on any atom is 1.00 e. The molecule has 0 unspecified atom stereocenters. The second kappa shape index (κ2) is 16.2. The first kappa shape index (κ1) is 41.4. The minimum atomic E-state index is -4.68. The van der Waals surface area contributed by atoms with E-state index in [0.29, 0.717) is 0 Å². The minimum absolute atomic E-state index is 0. The zero-order chi connectivity index (χ0) is 20.6. The summed E-state index contributed by atoms with van der Waals surface area (Å²) in [6, 6.07) is 3.16. The van der Waals surface area contributed by atoms with Gasteiger partial charge in [-0.1, -0.05) is 0 Å². The fourth-order valence-electron chi connectivity index (χ4n) is 1.14. The molecular weight excluding hydrogens is 605 g/mol. The smallest absolute Gasteiger partial charge is 0.743 e. The monoisotopic (exact) mass is 608 g/mol. The van der Waals surface area contributed by atoms with Crippen LogP contribution in [0.3, 0.4) is 0 Å². The Morgan fingerprint density at radius 2 is 0.600 bits per heavy atom. The van der Waals surface area contributed by atoms with Crippen LogP contribution in [-0.2, 0) is 40.5 Å². The van der Waals surface area contributed by atoms with Crippen LogP contribution in [0.5, 0.6) is 0 Å². The van der Waals surface area contributed by atoms with Crippen LogP contribution in [0.4, 0.5) is 0 Å². The van der Waals surface area contributed by atoms with E-state index in [9.17, 15) is 51.9 Å². The van der Waals surface area contributed by atoms with Crippen molar-refractivity contribution in [3.05, 3.63) is 24.3 Å². The molecule has 0 fully saturated rings. The molecule has 2 rings (SSSR count). The number of hydrogen-bond donors (Lipinski definition) is 0. The second-order valence-corrected chi connectivity index (χ2v) is 12.6. The van der Waals surface area contributed by atoms with Crippen molar-refractivity contribution in [2.45, 2.75) is 16.8 Å². The molecule has 0 aliphatic rings. The third-order valence-corrected chi connectivity index (χ3v) is 9.41. The standard InChI is InChI=1S/2C4H4O6S3.2K.2Na/c2*5-12(6,7)3-1-2-4(11-3)13(8,9)10;;;;/h2*1-2H,(H,5,6,7)(H,8,9,10);;;;/q;;4*+1/p-4. The quantitative estimate of drug-likeness (QED) is 0.233. The molecule has 2 aromatic heterocycles. The van der Waals surface area contributed by atoms with E-state index in [1.54, 1.807) is 0 Å². The minimum Gasteiger partial charge on any atom is -0.743 e. The van der Waals surface area contributed by atoms with Crippen LogP contribution >= 0.6 is 22.7 Å². The Hall–Kier alpha value is 4.31. The zero-order valence-electron chi connectivity index (χ0n) is 15.7. The summed E-state index contributed by atoms with van der Waals surface area (Å²) in [4.78, 5) is 0. The second-order valence-electron chi connectivity index (χ2n) is 3.96. The molecule has 30 heavy (non-hydrogen) atoms. The molecule has 0 aromatic carbocycles. The summed E-state index contributed by atoms with van der Waals surface area (Å²) in [5.41, 5.74) is 0. The molecule has 12 nitrogen and oxygen atoms in total. The van der Waals surface area contributed by atoms with Crippen molar-refractivity contribution in [1.29, 1.82) is 0 Å². The molecule has 0 bridgehead atoms. The van der Waals surface area contributed by atoms with Gasteiger partial charge in [-0.15, -0.1) is 22.7 Å². The number of rotatable bonds is 4. The first-order chi connectivity index (χ1) is 11.4. The van der Waals surface area contributed by atoms with Crippen molar-refractivity contribution in [1.82, 2.24) is 0 Å². The topological polar surface area (TPSA) is 229 Å². The summed E-state index contributed by atoms with van der Waals surface area (Å²) >= 11 is 0.292. The van der Waals surface area contributed by atoms with Gasteiger partial charge in [-0.25, -0.2) is 33.7 Å². The summed E-state index contributed by atoms with van der Waals surface area (Å²) in [6.45, 7) is 0. The fourth-order valence-corrected chi connectivity index (χ4v) is 6.05. The molecule has 0 saturated carbocycles. The van der Waals surface area contributed by atoms with Gasteiger partial charge in [0.05, 0.1) is 0 Å². The van der Waals surface area contributed by atoms with E-state index in [1.165, 1.54) is 0 Å². The first-order valence-electron chi connectivity index (χ1n) is 5.45. The van der Waals surface area contributed by atoms with E-state index >= 15 is 0 Å². The number of thiophene rings is 2. The van der Waals surface area contributed by atoms with Gasteiger partial charge >= 0.3 is 162 Å².